The van der Waals surface area contributed by atoms with E-state index in [9.17, 15) is 9.18 Å². The van der Waals surface area contributed by atoms with E-state index >= 15 is 0 Å². The molecule has 2 aromatic heterocycles. The van der Waals surface area contributed by atoms with Crippen LogP contribution >= 0.6 is 11.6 Å². The van der Waals surface area contributed by atoms with E-state index in [0.717, 1.165) is 16.6 Å². The number of amides is 1. The summed E-state index contributed by atoms with van der Waals surface area (Å²) in [5, 5.41) is 11.0. The lowest BCUT2D eigenvalue weighted by Gasteiger charge is -2.07. The summed E-state index contributed by atoms with van der Waals surface area (Å²) >= 11 is 5.68. The van der Waals surface area contributed by atoms with Crippen molar-refractivity contribution in [2.45, 2.75) is 6.54 Å². The van der Waals surface area contributed by atoms with Crippen LogP contribution in [0.5, 0.6) is 0 Å². The van der Waals surface area contributed by atoms with E-state index in [1.165, 1.54) is 12.1 Å². The number of fused-ring (bicyclic) bond motifs is 1. The monoisotopic (exact) mass is 380 g/mol. The number of benzene rings is 2. The molecule has 2 N–H and O–H groups in total. The van der Waals surface area contributed by atoms with E-state index in [-0.39, 0.29) is 17.5 Å². The Morgan fingerprint density at radius 3 is 2.74 bits per heavy atom. The Morgan fingerprint density at radius 1 is 1.15 bits per heavy atom. The standard InChI is InChI=1S/C20H14ClFN4O/c21-16-5-4-12(10-17(16)22)11-24-20(27)15-3-1-2-14-18(25-26-19(14)15)13-6-8-23-9-7-13/h1-10H,11H2,(H,24,27)(H,25,26). The second-order valence-corrected chi connectivity index (χ2v) is 6.37. The van der Waals surface area contributed by atoms with Gasteiger partial charge in [0.25, 0.3) is 5.91 Å². The van der Waals surface area contributed by atoms with Gasteiger partial charge in [0, 0.05) is 29.9 Å². The molecule has 0 saturated heterocycles. The number of rotatable bonds is 4. The van der Waals surface area contributed by atoms with E-state index < -0.39 is 5.82 Å². The summed E-state index contributed by atoms with van der Waals surface area (Å²) in [4.78, 5) is 16.6. The minimum atomic E-state index is -0.513. The van der Waals surface area contributed by atoms with Gasteiger partial charge < -0.3 is 5.32 Å². The van der Waals surface area contributed by atoms with Crippen molar-refractivity contribution in [3.8, 4) is 11.3 Å². The topological polar surface area (TPSA) is 70.7 Å². The molecule has 7 heteroatoms. The number of para-hydroxylation sites is 1. The first kappa shape index (κ1) is 17.2. The predicted octanol–water partition coefficient (Wildman–Crippen LogP) is 4.35. The number of carbonyl (C=O) groups excluding carboxylic acids is 1. The van der Waals surface area contributed by atoms with Gasteiger partial charge >= 0.3 is 0 Å². The second-order valence-electron chi connectivity index (χ2n) is 5.97. The summed E-state index contributed by atoms with van der Waals surface area (Å²) < 4.78 is 13.5. The molecule has 2 heterocycles. The van der Waals surface area contributed by atoms with Gasteiger partial charge in [-0.15, -0.1) is 0 Å². The third-order valence-electron chi connectivity index (χ3n) is 4.23. The fraction of sp³-hybridized carbons (Fsp3) is 0.0500. The Hall–Kier alpha value is -3.25. The van der Waals surface area contributed by atoms with Gasteiger partial charge in [0.2, 0.25) is 0 Å². The third-order valence-corrected chi connectivity index (χ3v) is 4.54. The van der Waals surface area contributed by atoms with Gasteiger partial charge in [0.1, 0.15) is 11.5 Å². The zero-order chi connectivity index (χ0) is 18.8. The molecule has 0 radical (unpaired) electrons. The van der Waals surface area contributed by atoms with Gasteiger partial charge in [0.05, 0.1) is 16.1 Å². The number of aromatic nitrogens is 3. The molecule has 4 rings (SSSR count). The van der Waals surface area contributed by atoms with Crippen molar-refractivity contribution in [2.75, 3.05) is 0 Å². The van der Waals surface area contributed by atoms with E-state index in [1.54, 1.807) is 30.6 Å². The van der Waals surface area contributed by atoms with Gasteiger partial charge in [0.15, 0.2) is 0 Å². The number of nitrogens with one attached hydrogen (secondary N) is 2. The molecule has 0 aliphatic carbocycles. The zero-order valence-corrected chi connectivity index (χ0v) is 14.8. The maximum absolute atomic E-state index is 13.5. The molecule has 0 fully saturated rings. The van der Waals surface area contributed by atoms with Gasteiger partial charge in [-0.05, 0) is 35.9 Å². The van der Waals surface area contributed by atoms with Crippen LogP contribution in [0.4, 0.5) is 4.39 Å². The van der Waals surface area contributed by atoms with Crippen molar-refractivity contribution in [3.05, 3.63) is 82.9 Å². The molecule has 0 aliphatic heterocycles. The Kier molecular flexibility index (Phi) is 4.56. The van der Waals surface area contributed by atoms with Crippen LogP contribution in [-0.2, 0) is 6.54 Å². The van der Waals surface area contributed by atoms with Crippen LogP contribution < -0.4 is 5.32 Å². The molecule has 1 amide bonds. The third kappa shape index (κ3) is 3.39. The first-order valence-electron chi connectivity index (χ1n) is 8.23. The lowest BCUT2D eigenvalue weighted by molar-refractivity contribution is 0.0952. The van der Waals surface area contributed by atoms with Crippen LogP contribution in [0.3, 0.4) is 0 Å². The summed E-state index contributed by atoms with van der Waals surface area (Å²) in [6.45, 7) is 0.189. The molecule has 27 heavy (non-hydrogen) atoms. The Bertz CT molecular complexity index is 1130. The number of nitrogens with zero attached hydrogens (tertiary/aromatic N) is 2. The molecule has 0 saturated carbocycles. The van der Waals surface area contributed by atoms with Crippen LogP contribution in [0.25, 0.3) is 22.2 Å². The number of hydrogen-bond donors (Lipinski definition) is 2. The SMILES string of the molecule is O=C(NCc1ccc(Cl)c(F)c1)c1cccc2c(-c3ccncc3)n[nH]c12. The first-order valence-corrected chi connectivity index (χ1v) is 8.61. The Balaban J connectivity index is 1.61. The molecule has 0 aliphatic rings. The highest BCUT2D eigenvalue weighted by Gasteiger charge is 2.15. The number of carbonyl (C=O) groups is 1. The molecule has 134 valence electrons. The molecular formula is C20H14ClFN4O. The van der Waals surface area contributed by atoms with Crippen molar-refractivity contribution in [3.63, 3.8) is 0 Å². The summed E-state index contributed by atoms with van der Waals surface area (Å²) in [5.74, 6) is -0.790. The van der Waals surface area contributed by atoms with Crippen LogP contribution in [0.1, 0.15) is 15.9 Å². The number of H-pyrrole nitrogens is 1. The van der Waals surface area contributed by atoms with E-state index in [4.69, 9.17) is 11.6 Å². The highest BCUT2D eigenvalue weighted by molar-refractivity contribution is 6.30. The lowest BCUT2D eigenvalue weighted by Crippen LogP contribution is -2.23. The molecule has 5 nitrogen and oxygen atoms in total. The number of pyridine rings is 1. The minimum Gasteiger partial charge on any atom is -0.348 e. The smallest absolute Gasteiger partial charge is 0.253 e. The lowest BCUT2D eigenvalue weighted by atomic mass is 10.1. The number of aromatic amines is 1. The first-order chi connectivity index (χ1) is 13.1. The summed E-state index contributed by atoms with van der Waals surface area (Å²) in [6.07, 6.45) is 3.38. The van der Waals surface area contributed by atoms with E-state index in [0.29, 0.717) is 16.6 Å². The minimum absolute atomic E-state index is 0.0518. The molecule has 2 aromatic carbocycles. The van der Waals surface area contributed by atoms with Crippen LogP contribution in [-0.4, -0.2) is 21.1 Å². The highest BCUT2D eigenvalue weighted by Crippen LogP contribution is 2.27. The number of hydrogen-bond acceptors (Lipinski definition) is 3. The van der Waals surface area contributed by atoms with E-state index in [1.807, 2.05) is 18.2 Å². The quantitative estimate of drug-likeness (QED) is 0.553. The fourth-order valence-corrected chi connectivity index (χ4v) is 3.01. The summed E-state index contributed by atoms with van der Waals surface area (Å²) in [7, 11) is 0. The number of halogens is 2. The Labute approximate surface area is 159 Å². The van der Waals surface area contributed by atoms with E-state index in [2.05, 4.69) is 20.5 Å². The molecule has 0 atom stereocenters. The van der Waals surface area contributed by atoms with Crippen molar-refractivity contribution in [1.29, 1.82) is 0 Å². The van der Waals surface area contributed by atoms with Crippen LogP contribution in [0.15, 0.2) is 60.9 Å². The van der Waals surface area contributed by atoms with Crippen LogP contribution in [0.2, 0.25) is 5.02 Å². The fourth-order valence-electron chi connectivity index (χ4n) is 2.89. The average Bonchev–Trinajstić information content (AvgIpc) is 3.13. The predicted molar refractivity (Wildman–Crippen MR) is 102 cm³/mol. The van der Waals surface area contributed by atoms with Crippen molar-refractivity contribution in [2.24, 2.45) is 0 Å². The molecule has 0 unspecified atom stereocenters. The molecule has 4 aromatic rings. The molecular weight excluding hydrogens is 367 g/mol. The zero-order valence-electron chi connectivity index (χ0n) is 14.0. The van der Waals surface area contributed by atoms with Crippen LogP contribution in [0, 0.1) is 5.82 Å². The molecule has 0 bridgehead atoms. The summed E-state index contributed by atoms with van der Waals surface area (Å²) in [6, 6.07) is 13.6. The normalized spacial score (nSPS) is 10.9. The van der Waals surface area contributed by atoms with Gasteiger partial charge in [-0.25, -0.2) is 4.39 Å². The second kappa shape index (κ2) is 7.17. The largest absolute Gasteiger partial charge is 0.348 e. The van der Waals surface area contributed by atoms with Crippen molar-refractivity contribution < 1.29 is 9.18 Å². The average molecular weight is 381 g/mol. The maximum Gasteiger partial charge on any atom is 0.253 e. The van der Waals surface area contributed by atoms with Gasteiger partial charge in [-0.2, -0.15) is 5.10 Å². The molecule has 0 spiro atoms. The van der Waals surface area contributed by atoms with Crippen molar-refractivity contribution >= 4 is 28.4 Å². The summed E-state index contributed by atoms with van der Waals surface area (Å²) in [5.41, 5.74) is 3.39. The van der Waals surface area contributed by atoms with Gasteiger partial charge in [-0.1, -0.05) is 29.8 Å². The van der Waals surface area contributed by atoms with Gasteiger partial charge in [-0.3, -0.25) is 14.9 Å². The van der Waals surface area contributed by atoms with Crippen molar-refractivity contribution in [1.82, 2.24) is 20.5 Å². The Morgan fingerprint density at radius 2 is 1.96 bits per heavy atom. The highest BCUT2D eigenvalue weighted by atomic mass is 35.5. The maximum atomic E-state index is 13.5.